The number of guanidine groups is 1. The zero-order valence-electron chi connectivity index (χ0n) is 18.9. The Hall–Kier alpha value is -1.59. The van der Waals surface area contributed by atoms with Crippen LogP contribution in [0.4, 0.5) is 0 Å². The van der Waals surface area contributed by atoms with Crippen LogP contribution in [0.3, 0.4) is 0 Å². The molecule has 1 aromatic carbocycles. The Labute approximate surface area is 203 Å². The summed E-state index contributed by atoms with van der Waals surface area (Å²) in [6, 6.07) is 8.36. The quantitative estimate of drug-likeness (QED) is 0.145. The number of methoxy groups -OCH3 is 1. The molecule has 1 heterocycles. The first-order chi connectivity index (χ1) is 14.7. The third kappa shape index (κ3) is 10.0. The molecule has 0 aliphatic carbocycles. The van der Waals surface area contributed by atoms with Crippen LogP contribution in [0.25, 0.3) is 0 Å². The number of nitrogens with one attached hydrogen (secondary N) is 2. The molecule has 1 aliphatic heterocycles. The first-order valence-electron chi connectivity index (χ1n) is 10.8. The van der Waals surface area contributed by atoms with Gasteiger partial charge in [0.15, 0.2) is 5.96 Å². The number of rotatable bonds is 11. The minimum absolute atomic E-state index is 0. The Kier molecular flexibility index (Phi) is 14.3. The van der Waals surface area contributed by atoms with Gasteiger partial charge in [0.25, 0.3) is 0 Å². The summed E-state index contributed by atoms with van der Waals surface area (Å²) in [6.07, 6.45) is 1.11. The van der Waals surface area contributed by atoms with Gasteiger partial charge in [0.1, 0.15) is 5.75 Å². The van der Waals surface area contributed by atoms with Gasteiger partial charge in [-0.05, 0) is 38.0 Å². The zero-order valence-corrected chi connectivity index (χ0v) is 21.2. The molecule has 31 heavy (non-hydrogen) atoms. The van der Waals surface area contributed by atoms with Gasteiger partial charge in [-0.25, -0.2) is 0 Å². The lowest BCUT2D eigenvalue weighted by Gasteiger charge is -2.34. The van der Waals surface area contributed by atoms with Crippen molar-refractivity contribution in [3.63, 3.8) is 0 Å². The number of aliphatic imine (C=N–C) groups is 1. The van der Waals surface area contributed by atoms with E-state index in [1.807, 2.05) is 26.0 Å². The Balaban J connectivity index is 0.00000480. The van der Waals surface area contributed by atoms with E-state index in [4.69, 9.17) is 19.2 Å². The van der Waals surface area contributed by atoms with Crippen molar-refractivity contribution in [3.8, 4) is 5.75 Å². The van der Waals surface area contributed by atoms with Crippen molar-refractivity contribution < 1.29 is 19.0 Å². The SMILES string of the molecule is CCNC(=NCC(c1ccc(OC)cc1)N1CCOCC1)NCCCC(=O)OCC.I. The number of nitrogens with zero attached hydrogens (tertiary/aromatic N) is 2. The van der Waals surface area contributed by atoms with E-state index in [9.17, 15) is 4.79 Å². The van der Waals surface area contributed by atoms with Gasteiger partial charge in [-0.15, -0.1) is 24.0 Å². The van der Waals surface area contributed by atoms with Crippen LogP contribution in [0.5, 0.6) is 5.75 Å². The molecular formula is C22H37IN4O4. The summed E-state index contributed by atoms with van der Waals surface area (Å²) < 4.78 is 15.8. The van der Waals surface area contributed by atoms with Crippen molar-refractivity contribution in [2.75, 3.05) is 59.7 Å². The molecule has 2 rings (SSSR count). The summed E-state index contributed by atoms with van der Waals surface area (Å²) in [4.78, 5) is 18.7. The molecule has 2 N–H and O–H groups in total. The van der Waals surface area contributed by atoms with Crippen molar-refractivity contribution in [2.45, 2.75) is 32.7 Å². The second kappa shape index (κ2) is 16.1. The lowest BCUT2D eigenvalue weighted by molar-refractivity contribution is -0.143. The molecule has 0 radical (unpaired) electrons. The lowest BCUT2D eigenvalue weighted by atomic mass is 10.0. The predicted molar refractivity (Wildman–Crippen MR) is 133 cm³/mol. The summed E-state index contributed by atoms with van der Waals surface area (Å²) in [7, 11) is 1.68. The third-order valence-corrected chi connectivity index (χ3v) is 4.91. The molecule has 8 nitrogen and oxygen atoms in total. The van der Waals surface area contributed by atoms with Crippen LogP contribution in [-0.2, 0) is 14.3 Å². The molecule has 0 saturated carbocycles. The first kappa shape index (κ1) is 27.4. The Morgan fingerprint density at radius 1 is 1.19 bits per heavy atom. The summed E-state index contributed by atoms with van der Waals surface area (Å²) in [5.74, 6) is 1.45. The van der Waals surface area contributed by atoms with E-state index in [1.54, 1.807) is 7.11 Å². The molecule has 1 fully saturated rings. The Morgan fingerprint density at radius 3 is 2.52 bits per heavy atom. The Morgan fingerprint density at radius 2 is 1.90 bits per heavy atom. The number of esters is 1. The summed E-state index contributed by atoms with van der Waals surface area (Å²) in [5, 5.41) is 6.60. The Bertz CT molecular complexity index is 651. The minimum Gasteiger partial charge on any atom is -0.497 e. The second-order valence-electron chi connectivity index (χ2n) is 6.99. The molecule has 1 aliphatic rings. The number of carbonyl (C=O) groups is 1. The second-order valence-corrected chi connectivity index (χ2v) is 6.99. The fourth-order valence-corrected chi connectivity index (χ4v) is 3.34. The zero-order chi connectivity index (χ0) is 21.6. The van der Waals surface area contributed by atoms with Gasteiger partial charge < -0.3 is 24.8 Å². The molecule has 176 valence electrons. The van der Waals surface area contributed by atoms with Crippen LogP contribution < -0.4 is 15.4 Å². The molecule has 1 atom stereocenters. The van der Waals surface area contributed by atoms with Crippen LogP contribution in [0.1, 0.15) is 38.3 Å². The van der Waals surface area contributed by atoms with Gasteiger partial charge in [0.05, 0.1) is 39.5 Å². The van der Waals surface area contributed by atoms with Gasteiger partial charge >= 0.3 is 5.97 Å². The summed E-state index contributed by atoms with van der Waals surface area (Å²) in [6.45, 7) is 9.59. The normalized spacial score (nSPS) is 15.5. The highest BCUT2D eigenvalue weighted by Crippen LogP contribution is 2.24. The molecule has 9 heteroatoms. The highest BCUT2D eigenvalue weighted by atomic mass is 127. The molecule has 0 aromatic heterocycles. The van der Waals surface area contributed by atoms with E-state index in [-0.39, 0.29) is 36.0 Å². The lowest BCUT2D eigenvalue weighted by Crippen LogP contribution is -2.42. The maximum Gasteiger partial charge on any atom is 0.305 e. The maximum absolute atomic E-state index is 11.5. The van der Waals surface area contributed by atoms with Crippen LogP contribution in [-0.4, -0.2) is 76.5 Å². The standard InChI is InChI=1S/C22H36N4O4.HI/c1-4-23-22(24-12-6-7-21(27)30-5-2)25-17-20(26-13-15-29-16-14-26)18-8-10-19(28-3)11-9-18;/h8-11,20H,4-7,12-17H2,1-3H3,(H2,23,24,25);1H. The van der Waals surface area contributed by atoms with Crippen molar-refractivity contribution in [3.05, 3.63) is 29.8 Å². The van der Waals surface area contributed by atoms with E-state index in [1.165, 1.54) is 5.56 Å². The largest absolute Gasteiger partial charge is 0.497 e. The van der Waals surface area contributed by atoms with Crippen LogP contribution >= 0.6 is 24.0 Å². The number of morpholine rings is 1. The van der Waals surface area contributed by atoms with Crippen molar-refractivity contribution in [2.24, 2.45) is 4.99 Å². The molecule has 0 spiro atoms. The predicted octanol–water partition coefficient (Wildman–Crippen LogP) is 2.58. The number of benzene rings is 1. The molecule has 1 unspecified atom stereocenters. The average Bonchev–Trinajstić information content (AvgIpc) is 2.78. The van der Waals surface area contributed by atoms with Crippen LogP contribution in [0.2, 0.25) is 0 Å². The summed E-state index contributed by atoms with van der Waals surface area (Å²) in [5.41, 5.74) is 1.21. The molecule has 0 amide bonds. The minimum atomic E-state index is -0.159. The number of hydrogen-bond acceptors (Lipinski definition) is 6. The fraction of sp³-hybridized carbons (Fsp3) is 0.636. The van der Waals surface area contributed by atoms with E-state index in [0.717, 1.165) is 44.6 Å². The monoisotopic (exact) mass is 548 g/mol. The highest BCUT2D eigenvalue weighted by Gasteiger charge is 2.22. The molecule has 1 aromatic rings. The highest BCUT2D eigenvalue weighted by molar-refractivity contribution is 14.0. The van der Waals surface area contributed by atoms with Gasteiger partial charge in [-0.1, -0.05) is 12.1 Å². The van der Waals surface area contributed by atoms with E-state index >= 15 is 0 Å². The topological polar surface area (TPSA) is 84.4 Å². The van der Waals surface area contributed by atoms with Crippen LogP contribution in [0.15, 0.2) is 29.3 Å². The smallest absolute Gasteiger partial charge is 0.305 e. The molecule has 1 saturated heterocycles. The number of hydrogen-bond donors (Lipinski definition) is 2. The third-order valence-electron chi connectivity index (χ3n) is 4.91. The van der Waals surface area contributed by atoms with Crippen molar-refractivity contribution >= 4 is 35.9 Å². The summed E-state index contributed by atoms with van der Waals surface area (Å²) >= 11 is 0. The van der Waals surface area contributed by atoms with Gasteiger partial charge in [-0.3, -0.25) is 14.7 Å². The molecule has 0 bridgehead atoms. The van der Waals surface area contributed by atoms with Gasteiger partial charge in [0, 0.05) is 32.6 Å². The van der Waals surface area contributed by atoms with E-state index < -0.39 is 0 Å². The number of carbonyl (C=O) groups excluding carboxylic acids is 1. The first-order valence-corrected chi connectivity index (χ1v) is 10.8. The average molecular weight is 548 g/mol. The van der Waals surface area contributed by atoms with E-state index in [2.05, 4.69) is 27.7 Å². The van der Waals surface area contributed by atoms with Gasteiger partial charge in [-0.2, -0.15) is 0 Å². The van der Waals surface area contributed by atoms with Crippen LogP contribution in [0, 0.1) is 0 Å². The number of ether oxygens (including phenoxy) is 3. The van der Waals surface area contributed by atoms with E-state index in [0.29, 0.717) is 32.5 Å². The maximum atomic E-state index is 11.5. The van der Waals surface area contributed by atoms with Gasteiger partial charge in [0.2, 0.25) is 0 Å². The van der Waals surface area contributed by atoms with Crippen molar-refractivity contribution in [1.82, 2.24) is 15.5 Å². The fourth-order valence-electron chi connectivity index (χ4n) is 3.34. The van der Waals surface area contributed by atoms with Crippen molar-refractivity contribution in [1.29, 1.82) is 0 Å². The molecular weight excluding hydrogens is 511 g/mol. The number of halogens is 1.